The quantitative estimate of drug-likeness (QED) is 0.558. The minimum Gasteiger partial charge on any atom is -0.481 e. The monoisotopic (exact) mass is 477 g/mol. The van der Waals surface area contributed by atoms with E-state index in [0.717, 1.165) is 17.2 Å². The van der Waals surface area contributed by atoms with Gasteiger partial charge >= 0.3 is 12.1 Å². The van der Waals surface area contributed by atoms with Crippen molar-refractivity contribution in [2.45, 2.75) is 43.2 Å². The molecule has 0 radical (unpaired) electrons. The number of carboxylic acid groups (broad SMARTS) is 1. The summed E-state index contributed by atoms with van der Waals surface area (Å²) in [5.74, 6) is -1.33. The van der Waals surface area contributed by atoms with Crippen molar-refractivity contribution >= 4 is 29.6 Å². The first-order valence-electron chi connectivity index (χ1n) is 10.7. The summed E-state index contributed by atoms with van der Waals surface area (Å²) in [6, 6.07) is 10.7. The predicted molar refractivity (Wildman–Crippen MR) is 119 cm³/mol. The molecule has 4 rings (SSSR count). The molecular weight excluding hydrogens is 455 g/mol. The number of rotatable bonds is 4. The number of hydrogen-bond acceptors (Lipinski definition) is 2. The number of benzene rings is 2. The molecule has 0 saturated carbocycles. The Morgan fingerprint density at radius 1 is 1.12 bits per heavy atom. The van der Waals surface area contributed by atoms with Crippen LogP contribution in [0.25, 0.3) is 6.08 Å². The van der Waals surface area contributed by atoms with Gasteiger partial charge in [0.15, 0.2) is 0 Å². The van der Waals surface area contributed by atoms with E-state index in [4.69, 9.17) is 11.6 Å². The van der Waals surface area contributed by atoms with Crippen LogP contribution in [0.5, 0.6) is 0 Å². The third-order valence-electron chi connectivity index (χ3n) is 6.78. The summed E-state index contributed by atoms with van der Waals surface area (Å²) < 4.78 is 39.6. The van der Waals surface area contributed by atoms with E-state index in [1.165, 1.54) is 30.4 Å². The lowest BCUT2D eigenvalue weighted by molar-refractivity contribution is -0.138. The number of likely N-dealkylation sites (tertiary alicyclic amines) is 1. The first kappa shape index (κ1) is 23.4. The second-order valence-electron chi connectivity index (χ2n) is 8.73. The van der Waals surface area contributed by atoms with Crippen molar-refractivity contribution in [3.63, 3.8) is 0 Å². The molecular formula is C25H23ClF3NO3. The number of fused-ring (bicyclic) bond motifs is 2. The molecule has 8 heteroatoms. The molecule has 2 aromatic carbocycles. The van der Waals surface area contributed by atoms with E-state index in [9.17, 15) is 27.9 Å². The summed E-state index contributed by atoms with van der Waals surface area (Å²) in [5, 5.41) is 9.94. The lowest BCUT2D eigenvalue weighted by Gasteiger charge is -2.40. The third-order valence-corrected chi connectivity index (χ3v) is 7.09. The zero-order chi connectivity index (χ0) is 23.8. The fourth-order valence-electron chi connectivity index (χ4n) is 5.29. The maximum Gasteiger partial charge on any atom is 0.416 e. The van der Waals surface area contributed by atoms with Crippen molar-refractivity contribution in [3.05, 3.63) is 75.8 Å². The molecule has 1 unspecified atom stereocenters. The first-order valence-corrected chi connectivity index (χ1v) is 11.1. The van der Waals surface area contributed by atoms with E-state index in [2.05, 4.69) is 0 Å². The highest BCUT2D eigenvalue weighted by Gasteiger charge is 2.47. The van der Waals surface area contributed by atoms with Crippen molar-refractivity contribution in [1.82, 2.24) is 4.90 Å². The SMILES string of the molecule is O=C(O)CC1CC2(CCN(C(=O)/C=C/c3ccccc3C(F)(F)F)CC2)c2c(Cl)cccc21. The number of amides is 1. The summed E-state index contributed by atoms with van der Waals surface area (Å²) in [7, 11) is 0. The highest BCUT2D eigenvalue weighted by Crippen LogP contribution is 2.55. The highest BCUT2D eigenvalue weighted by molar-refractivity contribution is 6.31. The summed E-state index contributed by atoms with van der Waals surface area (Å²) >= 11 is 6.53. The fourth-order valence-corrected chi connectivity index (χ4v) is 5.68. The molecule has 4 nitrogen and oxygen atoms in total. The second-order valence-corrected chi connectivity index (χ2v) is 9.13. The molecule has 0 aromatic heterocycles. The van der Waals surface area contributed by atoms with Crippen molar-refractivity contribution in [3.8, 4) is 0 Å². The lowest BCUT2D eigenvalue weighted by atomic mass is 9.73. The van der Waals surface area contributed by atoms with Gasteiger partial charge in [-0.1, -0.05) is 41.9 Å². The first-order chi connectivity index (χ1) is 15.6. The summed E-state index contributed by atoms with van der Waals surface area (Å²) in [6.07, 6.45) is -0.167. The van der Waals surface area contributed by atoms with Crippen molar-refractivity contribution in [2.75, 3.05) is 13.1 Å². The molecule has 33 heavy (non-hydrogen) atoms. The fraction of sp³-hybridized carbons (Fsp3) is 0.360. The molecule has 1 heterocycles. The van der Waals surface area contributed by atoms with Crippen LogP contribution >= 0.6 is 11.6 Å². The molecule has 2 aliphatic rings. The van der Waals surface area contributed by atoms with Crippen molar-refractivity contribution in [2.24, 2.45) is 0 Å². The highest BCUT2D eigenvalue weighted by atomic mass is 35.5. The number of carbonyl (C=O) groups excluding carboxylic acids is 1. The van der Waals surface area contributed by atoms with Crippen molar-refractivity contribution in [1.29, 1.82) is 0 Å². The van der Waals surface area contributed by atoms with E-state index in [1.54, 1.807) is 4.90 Å². The van der Waals surface area contributed by atoms with Crippen LogP contribution in [0, 0.1) is 0 Å². The lowest BCUT2D eigenvalue weighted by Crippen LogP contribution is -2.44. The van der Waals surface area contributed by atoms with E-state index in [0.29, 0.717) is 37.4 Å². The van der Waals surface area contributed by atoms with Crippen LogP contribution in [0.4, 0.5) is 13.2 Å². The molecule has 174 valence electrons. The molecule has 1 aliphatic carbocycles. The number of carbonyl (C=O) groups is 2. The number of carboxylic acids is 1. The van der Waals surface area contributed by atoms with Gasteiger partial charge in [-0.2, -0.15) is 13.2 Å². The molecule has 1 fully saturated rings. The number of alkyl halides is 3. The van der Waals surface area contributed by atoms with Gasteiger partial charge < -0.3 is 10.0 Å². The maximum absolute atomic E-state index is 13.2. The van der Waals surface area contributed by atoms with E-state index in [-0.39, 0.29) is 29.2 Å². The standard InChI is InChI=1S/C25H23ClF3NO3/c26-20-7-3-5-18-17(14-22(32)33)15-24(23(18)20)10-12-30(13-11-24)21(31)9-8-16-4-1-2-6-19(16)25(27,28)29/h1-9,17H,10-15H2,(H,32,33)/b9-8+. The normalized spacial score (nSPS) is 19.8. The van der Waals surface area contributed by atoms with Gasteiger partial charge in [-0.05, 0) is 60.1 Å². The Morgan fingerprint density at radius 2 is 1.82 bits per heavy atom. The zero-order valence-electron chi connectivity index (χ0n) is 17.7. The van der Waals surface area contributed by atoms with E-state index >= 15 is 0 Å². The van der Waals surface area contributed by atoms with Crippen molar-refractivity contribution < 1.29 is 27.9 Å². The average Bonchev–Trinajstić information content (AvgIpc) is 3.05. The second kappa shape index (κ2) is 8.86. The van der Waals surface area contributed by atoms with Crippen LogP contribution in [-0.4, -0.2) is 35.0 Å². The molecule has 1 atom stereocenters. The third kappa shape index (κ3) is 4.64. The minimum atomic E-state index is -4.50. The van der Waals surface area contributed by atoms with Gasteiger partial charge in [-0.25, -0.2) is 0 Å². The summed E-state index contributed by atoms with van der Waals surface area (Å²) in [5.41, 5.74) is 0.818. The molecule has 0 bridgehead atoms. The van der Waals surface area contributed by atoms with Gasteiger partial charge in [0.25, 0.3) is 0 Å². The molecule has 1 N–H and O–H groups in total. The van der Waals surface area contributed by atoms with Crippen LogP contribution in [0.3, 0.4) is 0 Å². The van der Waals surface area contributed by atoms with Gasteiger partial charge in [0.1, 0.15) is 0 Å². The Bertz CT molecular complexity index is 1100. The average molecular weight is 478 g/mol. The van der Waals surface area contributed by atoms with Crippen LogP contribution < -0.4 is 0 Å². The summed E-state index contributed by atoms with van der Waals surface area (Å²) in [6.45, 7) is 0.850. The van der Waals surface area contributed by atoms with Gasteiger partial charge in [0.05, 0.1) is 12.0 Å². The Hall–Kier alpha value is -2.80. The van der Waals surface area contributed by atoms with Gasteiger partial charge in [-0.15, -0.1) is 0 Å². The molecule has 1 saturated heterocycles. The Balaban J connectivity index is 1.49. The molecule has 2 aromatic rings. The number of halogens is 4. The number of piperidine rings is 1. The van der Waals surface area contributed by atoms with Crippen LogP contribution in [0.1, 0.15) is 53.9 Å². The molecule has 1 aliphatic heterocycles. The topological polar surface area (TPSA) is 57.6 Å². The number of hydrogen-bond donors (Lipinski definition) is 1. The van der Waals surface area contributed by atoms with Gasteiger partial charge in [0.2, 0.25) is 5.91 Å². The van der Waals surface area contributed by atoms with Crippen LogP contribution in [0.2, 0.25) is 5.02 Å². The zero-order valence-corrected chi connectivity index (χ0v) is 18.5. The minimum absolute atomic E-state index is 0.0269. The predicted octanol–water partition coefficient (Wildman–Crippen LogP) is 5.89. The Morgan fingerprint density at radius 3 is 2.48 bits per heavy atom. The Kier molecular flexibility index (Phi) is 6.27. The van der Waals surface area contributed by atoms with Gasteiger partial charge in [0, 0.05) is 29.6 Å². The maximum atomic E-state index is 13.2. The Labute approximate surface area is 194 Å². The number of aliphatic carboxylic acids is 1. The molecule has 1 amide bonds. The van der Waals surface area contributed by atoms with E-state index < -0.39 is 17.7 Å². The van der Waals surface area contributed by atoms with Crippen LogP contribution in [0.15, 0.2) is 48.5 Å². The van der Waals surface area contributed by atoms with Crippen LogP contribution in [-0.2, 0) is 21.2 Å². The molecule has 1 spiro atoms. The smallest absolute Gasteiger partial charge is 0.416 e. The van der Waals surface area contributed by atoms with E-state index in [1.807, 2.05) is 18.2 Å². The largest absolute Gasteiger partial charge is 0.481 e. The van der Waals surface area contributed by atoms with Gasteiger partial charge in [-0.3, -0.25) is 9.59 Å². The summed E-state index contributed by atoms with van der Waals surface area (Å²) in [4.78, 5) is 25.7. The number of nitrogens with zero attached hydrogens (tertiary/aromatic N) is 1.